The minimum absolute atomic E-state index is 0.265. The number of amidine groups is 1. The predicted molar refractivity (Wildman–Crippen MR) is 77.3 cm³/mol. The van der Waals surface area contributed by atoms with Gasteiger partial charge in [0.1, 0.15) is 0 Å². The van der Waals surface area contributed by atoms with Crippen molar-refractivity contribution in [3.05, 3.63) is 0 Å². The summed E-state index contributed by atoms with van der Waals surface area (Å²) < 4.78 is 7.17. The van der Waals surface area contributed by atoms with Gasteiger partial charge in [-0.1, -0.05) is 4.99 Å². The molecule has 3 aliphatic heterocycles. The van der Waals surface area contributed by atoms with Crippen LogP contribution < -0.4 is 0 Å². The number of hydrogen-bond acceptors (Lipinski definition) is 4. The smallest absolute Gasteiger partial charge is 0.393 e. The number of carbonyl (C=O) groups excluding carboxylic acids is 2. The SMILES string of the molecule is CN1C(=O)C2C(=NC(=[N+]3CCOCC3)N2CC(=O)O)N(C)C1=O. The Labute approximate surface area is 132 Å². The number of imide groups is 1. The highest BCUT2D eigenvalue weighted by molar-refractivity contribution is 6.25. The summed E-state index contributed by atoms with van der Waals surface area (Å²) in [4.78, 5) is 43.9. The van der Waals surface area contributed by atoms with Gasteiger partial charge in [0.05, 0.1) is 26.3 Å². The molecule has 124 valence electrons. The number of ether oxygens (including phenoxy) is 1. The first kappa shape index (κ1) is 15.4. The van der Waals surface area contributed by atoms with Crippen molar-refractivity contribution in [2.45, 2.75) is 6.04 Å². The molecular formula is C13H18N5O5+. The van der Waals surface area contributed by atoms with Crippen LogP contribution in [0.25, 0.3) is 0 Å². The fraction of sp³-hybridized carbons (Fsp3) is 0.615. The molecule has 3 amide bonds. The second-order valence-corrected chi connectivity index (χ2v) is 5.53. The van der Waals surface area contributed by atoms with E-state index in [-0.39, 0.29) is 12.4 Å². The lowest BCUT2D eigenvalue weighted by Crippen LogP contribution is -2.63. The lowest BCUT2D eigenvalue weighted by molar-refractivity contribution is -0.554. The van der Waals surface area contributed by atoms with Gasteiger partial charge in [0, 0.05) is 14.1 Å². The zero-order valence-corrected chi connectivity index (χ0v) is 12.9. The lowest BCUT2D eigenvalue weighted by atomic mass is 10.1. The number of amides is 3. The maximum absolute atomic E-state index is 12.5. The van der Waals surface area contributed by atoms with Gasteiger partial charge in [-0.15, -0.1) is 0 Å². The second kappa shape index (κ2) is 5.61. The monoisotopic (exact) mass is 324 g/mol. The van der Waals surface area contributed by atoms with E-state index in [1.807, 2.05) is 4.58 Å². The molecule has 0 saturated carbocycles. The lowest BCUT2D eigenvalue weighted by Gasteiger charge is -2.32. The second-order valence-electron chi connectivity index (χ2n) is 5.53. The van der Waals surface area contributed by atoms with Crippen LogP contribution in [0.15, 0.2) is 4.99 Å². The van der Waals surface area contributed by atoms with Gasteiger partial charge in [-0.3, -0.25) is 19.2 Å². The number of aliphatic imine (C=N–C) groups is 1. The van der Waals surface area contributed by atoms with Crippen LogP contribution in [0.2, 0.25) is 0 Å². The average molecular weight is 324 g/mol. The third-order valence-corrected chi connectivity index (χ3v) is 4.11. The van der Waals surface area contributed by atoms with Crippen LogP contribution in [0, 0.1) is 0 Å². The molecule has 23 heavy (non-hydrogen) atoms. The average Bonchev–Trinajstić information content (AvgIpc) is 2.90. The summed E-state index contributed by atoms with van der Waals surface area (Å²) in [6.07, 6.45) is 0. The number of carboxylic acid groups (broad SMARTS) is 1. The number of morpholine rings is 1. The molecular weight excluding hydrogens is 306 g/mol. The Bertz CT molecular complexity index is 635. The number of urea groups is 1. The van der Waals surface area contributed by atoms with Gasteiger partial charge in [0.2, 0.25) is 11.9 Å². The first-order valence-corrected chi connectivity index (χ1v) is 7.23. The zero-order valence-electron chi connectivity index (χ0n) is 12.9. The molecule has 1 unspecified atom stereocenters. The zero-order chi connectivity index (χ0) is 16.7. The first-order valence-electron chi connectivity index (χ1n) is 7.23. The standard InChI is InChI=1S/C13H17N5O5/c1-15-10-9(11(21)16(2)13(15)22)18(7-8(19)20)12(14-10)17-3-5-23-6-4-17/h9H,3-7H2,1-2H3/p+1. The number of carboxylic acids is 1. The molecule has 2 saturated heterocycles. The van der Waals surface area contributed by atoms with E-state index >= 15 is 0 Å². The molecule has 0 spiro atoms. The molecule has 10 heteroatoms. The van der Waals surface area contributed by atoms with Crippen LogP contribution in [0.3, 0.4) is 0 Å². The van der Waals surface area contributed by atoms with Gasteiger partial charge in [-0.25, -0.2) is 14.5 Å². The van der Waals surface area contributed by atoms with Gasteiger partial charge >= 0.3 is 18.0 Å². The Balaban J connectivity index is 2.06. The van der Waals surface area contributed by atoms with Crippen molar-refractivity contribution in [3.63, 3.8) is 0 Å². The number of fused-ring (bicyclic) bond motifs is 1. The largest absolute Gasteiger partial charge is 0.479 e. The molecule has 3 rings (SSSR count). The van der Waals surface area contributed by atoms with Gasteiger partial charge < -0.3 is 9.84 Å². The van der Waals surface area contributed by atoms with Gasteiger partial charge in [-0.05, 0) is 0 Å². The quantitative estimate of drug-likeness (QED) is 0.593. The number of carbonyl (C=O) groups is 3. The Hall–Kier alpha value is -2.49. The Kier molecular flexibility index (Phi) is 3.76. The Morgan fingerprint density at radius 2 is 1.96 bits per heavy atom. The molecule has 3 aliphatic rings. The summed E-state index contributed by atoms with van der Waals surface area (Å²) in [5.74, 6) is -0.876. The van der Waals surface area contributed by atoms with Crippen molar-refractivity contribution < 1.29 is 28.8 Å². The van der Waals surface area contributed by atoms with E-state index in [2.05, 4.69) is 4.99 Å². The van der Waals surface area contributed by atoms with E-state index in [1.165, 1.54) is 23.9 Å². The molecule has 0 bridgehead atoms. The number of aliphatic carboxylic acids is 1. The maximum Gasteiger partial charge on any atom is 0.393 e. The molecule has 1 N–H and O–H groups in total. The summed E-state index contributed by atoms with van der Waals surface area (Å²) in [5, 5.41) is 9.20. The van der Waals surface area contributed by atoms with Crippen LogP contribution >= 0.6 is 0 Å². The summed E-state index contributed by atoms with van der Waals surface area (Å²) >= 11 is 0. The van der Waals surface area contributed by atoms with Crippen molar-refractivity contribution in [2.24, 2.45) is 4.99 Å². The maximum atomic E-state index is 12.5. The van der Waals surface area contributed by atoms with E-state index in [4.69, 9.17) is 4.74 Å². The van der Waals surface area contributed by atoms with Crippen molar-refractivity contribution >= 4 is 29.7 Å². The van der Waals surface area contributed by atoms with Gasteiger partial charge in [0.25, 0.3) is 5.91 Å². The van der Waals surface area contributed by atoms with Gasteiger partial charge in [-0.2, -0.15) is 0 Å². The van der Waals surface area contributed by atoms with Crippen LogP contribution in [-0.2, 0) is 14.3 Å². The Morgan fingerprint density at radius 1 is 1.30 bits per heavy atom. The molecule has 0 aliphatic carbocycles. The molecule has 1 atom stereocenters. The molecule has 0 aromatic heterocycles. The van der Waals surface area contributed by atoms with E-state index in [1.54, 1.807) is 0 Å². The summed E-state index contributed by atoms with van der Waals surface area (Å²) in [5.41, 5.74) is 0. The van der Waals surface area contributed by atoms with Crippen molar-refractivity contribution in [2.75, 3.05) is 46.9 Å². The van der Waals surface area contributed by atoms with E-state index < -0.39 is 23.9 Å². The van der Waals surface area contributed by atoms with Gasteiger partial charge in [0.15, 0.2) is 6.54 Å². The number of hydrogen-bond donors (Lipinski definition) is 1. The summed E-state index contributed by atoms with van der Waals surface area (Å²) in [6, 6.07) is -1.37. The van der Waals surface area contributed by atoms with Crippen LogP contribution in [0.1, 0.15) is 0 Å². The Morgan fingerprint density at radius 3 is 2.57 bits per heavy atom. The molecule has 0 aromatic carbocycles. The summed E-state index contributed by atoms with van der Waals surface area (Å²) in [7, 11) is 2.90. The van der Waals surface area contributed by atoms with Crippen molar-refractivity contribution in [1.82, 2.24) is 14.7 Å². The normalized spacial score (nSPS) is 25.0. The fourth-order valence-electron chi connectivity index (χ4n) is 2.91. The van der Waals surface area contributed by atoms with Crippen molar-refractivity contribution in [1.29, 1.82) is 0 Å². The van der Waals surface area contributed by atoms with E-state index in [0.29, 0.717) is 32.3 Å². The highest BCUT2D eigenvalue weighted by Crippen LogP contribution is 2.22. The highest BCUT2D eigenvalue weighted by Gasteiger charge is 2.55. The number of rotatable bonds is 2. The number of nitrogens with zero attached hydrogens (tertiary/aromatic N) is 5. The topological polar surface area (TPSA) is 106 Å². The first-order chi connectivity index (χ1) is 10.9. The molecule has 2 fully saturated rings. The molecule has 0 radical (unpaired) electrons. The number of likely N-dealkylation sites (N-methyl/N-ethyl adjacent to an activating group) is 2. The van der Waals surface area contributed by atoms with Crippen LogP contribution in [0.4, 0.5) is 4.79 Å². The van der Waals surface area contributed by atoms with E-state index in [0.717, 1.165) is 4.90 Å². The molecule has 0 aromatic rings. The molecule has 3 heterocycles. The highest BCUT2D eigenvalue weighted by atomic mass is 16.5. The minimum atomic E-state index is -1.07. The number of guanidine groups is 1. The van der Waals surface area contributed by atoms with E-state index in [9.17, 15) is 19.5 Å². The van der Waals surface area contributed by atoms with Crippen LogP contribution in [0.5, 0.6) is 0 Å². The van der Waals surface area contributed by atoms with Crippen LogP contribution in [-0.4, -0.2) is 107 Å². The fourth-order valence-corrected chi connectivity index (χ4v) is 2.91. The third kappa shape index (κ3) is 2.44. The molecule has 10 nitrogen and oxygen atoms in total. The van der Waals surface area contributed by atoms with Crippen molar-refractivity contribution in [3.8, 4) is 0 Å². The third-order valence-electron chi connectivity index (χ3n) is 4.11. The predicted octanol–water partition coefficient (Wildman–Crippen LogP) is -1.92. The summed E-state index contributed by atoms with van der Waals surface area (Å²) in [6.45, 7) is 1.74. The minimum Gasteiger partial charge on any atom is -0.479 e.